The Morgan fingerprint density at radius 3 is 2.70 bits per heavy atom. The number of aryl methyl sites for hydroxylation is 1. The van der Waals surface area contributed by atoms with Crippen molar-refractivity contribution in [3.8, 4) is 0 Å². The fourth-order valence-corrected chi connectivity index (χ4v) is 2.87. The van der Waals surface area contributed by atoms with E-state index < -0.39 is 5.60 Å². The predicted molar refractivity (Wildman–Crippen MR) is 75.5 cm³/mol. The summed E-state index contributed by atoms with van der Waals surface area (Å²) in [5, 5.41) is 0. The Labute approximate surface area is 119 Å². The van der Waals surface area contributed by atoms with E-state index in [0.717, 1.165) is 0 Å². The highest BCUT2D eigenvalue weighted by Crippen LogP contribution is 2.44. The molecule has 0 aromatic heterocycles. The van der Waals surface area contributed by atoms with Crippen molar-refractivity contribution in [1.82, 2.24) is 4.90 Å². The monoisotopic (exact) mass is 275 g/mol. The van der Waals surface area contributed by atoms with Crippen molar-refractivity contribution in [3.63, 3.8) is 0 Å². The van der Waals surface area contributed by atoms with Gasteiger partial charge in [-0.15, -0.1) is 0 Å². The Kier molecular flexibility index (Phi) is 2.83. The molecule has 1 amide bonds. The van der Waals surface area contributed by atoms with E-state index in [0.29, 0.717) is 19.7 Å². The Balaban J connectivity index is 1.71. The molecule has 1 aromatic rings. The number of carbonyl (C=O) groups excluding carboxylic acids is 1. The number of fused-ring (bicyclic) bond motifs is 2. The first-order valence-corrected chi connectivity index (χ1v) is 7.01. The van der Waals surface area contributed by atoms with Crippen molar-refractivity contribution < 1.29 is 14.3 Å². The van der Waals surface area contributed by atoms with Crippen LogP contribution in [0.4, 0.5) is 4.79 Å². The van der Waals surface area contributed by atoms with Crippen LogP contribution in [0, 0.1) is 6.92 Å². The highest BCUT2D eigenvalue weighted by Gasteiger charge is 2.52. The van der Waals surface area contributed by atoms with Gasteiger partial charge in [0.1, 0.15) is 11.2 Å². The van der Waals surface area contributed by atoms with Crippen LogP contribution in [0.5, 0.6) is 0 Å². The Morgan fingerprint density at radius 2 is 2.05 bits per heavy atom. The van der Waals surface area contributed by atoms with Crippen molar-refractivity contribution in [2.75, 3.05) is 13.1 Å². The molecule has 3 rings (SSSR count). The summed E-state index contributed by atoms with van der Waals surface area (Å²) in [6, 6.07) is 6.40. The van der Waals surface area contributed by atoms with E-state index >= 15 is 0 Å². The Bertz CT molecular complexity index is 553. The molecule has 2 aliphatic rings. The van der Waals surface area contributed by atoms with Crippen LogP contribution in [0.15, 0.2) is 18.2 Å². The van der Waals surface area contributed by atoms with Crippen LogP contribution in [0.25, 0.3) is 0 Å². The Hall–Kier alpha value is -1.55. The minimum absolute atomic E-state index is 0.257. The van der Waals surface area contributed by atoms with E-state index in [1.807, 2.05) is 20.8 Å². The number of carbonyl (C=O) groups is 1. The lowest BCUT2D eigenvalue weighted by molar-refractivity contribution is -0.137. The van der Waals surface area contributed by atoms with E-state index in [-0.39, 0.29) is 11.7 Å². The maximum Gasteiger partial charge on any atom is 0.410 e. The minimum Gasteiger partial charge on any atom is -0.444 e. The van der Waals surface area contributed by atoms with Crippen LogP contribution in [-0.4, -0.2) is 29.7 Å². The van der Waals surface area contributed by atoms with E-state index in [2.05, 4.69) is 25.1 Å². The molecule has 2 aliphatic heterocycles. The van der Waals surface area contributed by atoms with E-state index in [4.69, 9.17) is 9.47 Å². The van der Waals surface area contributed by atoms with Crippen LogP contribution >= 0.6 is 0 Å². The fraction of sp³-hybridized carbons (Fsp3) is 0.562. The summed E-state index contributed by atoms with van der Waals surface area (Å²) in [5.74, 6) is 0. The summed E-state index contributed by atoms with van der Waals surface area (Å²) in [7, 11) is 0. The van der Waals surface area contributed by atoms with Gasteiger partial charge >= 0.3 is 6.09 Å². The molecule has 1 aromatic carbocycles. The van der Waals surface area contributed by atoms with Gasteiger partial charge in [-0.05, 0) is 38.8 Å². The second kappa shape index (κ2) is 4.22. The molecule has 0 atom stereocenters. The highest BCUT2D eigenvalue weighted by molar-refractivity contribution is 5.70. The molecule has 0 radical (unpaired) electrons. The van der Waals surface area contributed by atoms with Gasteiger partial charge < -0.3 is 14.4 Å². The number of benzene rings is 1. The number of ether oxygens (including phenoxy) is 2. The molecule has 0 aliphatic carbocycles. The lowest BCUT2D eigenvalue weighted by Gasteiger charge is -2.47. The number of hydrogen-bond acceptors (Lipinski definition) is 3. The van der Waals surface area contributed by atoms with Crippen molar-refractivity contribution in [2.24, 2.45) is 0 Å². The van der Waals surface area contributed by atoms with Crippen LogP contribution in [-0.2, 0) is 21.7 Å². The molecule has 0 N–H and O–H groups in total. The standard InChI is InChI=1S/C16H21NO3/c1-11-5-6-13-12(7-11)8-19-16(13)9-17(10-16)14(18)20-15(2,3)4/h5-7H,8-10H2,1-4H3. The second-order valence-electron chi connectivity index (χ2n) is 6.78. The molecule has 4 nitrogen and oxygen atoms in total. The molecule has 0 saturated carbocycles. The van der Waals surface area contributed by atoms with Gasteiger partial charge in [0, 0.05) is 0 Å². The zero-order valence-electron chi connectivity index (χ0n) is 12.5. The molecule has 108 valence electrons. The van der Waals surface area contributed by atoms with Gasteiger partial charge in [0.15, 0.2) is 0 Å². The van der Waals surface area contributed by atoms with Crippen molar-refractivity contribution >= 4 is 6.09 Å². The average molecular weight is 275 g/mol. The van der Waals surface area contributed by atoms with E-state index in [1.165, 1.54) is 16.7 Å². The van der Waals surface area contributed by atoms with E-state index in [1.54, 1.807) is 4.90 Å². The summed E-state index contributed by atoms with van der Waals surface area (Å²) in [5.41, 5.74) is 2.95. The normalized spacial score (nSPS) is 19.7. The molecule has 1 fully saturated rings. The topological polar surface area (TPSA) is 38.8 Å². The summed E-state index contributed by atoms with van der Waals surface area (Å²) < 4.78 is 11.3. The zero-order valence-corrected chi connectivity index (χ0v) is 12.5. The molecular weight excluding hydrogens is 254 g/mol. The lowest BCUT2D eigenvalue weighted by atomic mass is 9.85. The van der Waals surface area contributed by atoms with Gasteiger partial charge in [-0.2, -0.15) is 0 Å². The highest BCUT2D eigenvalue weighted by atomic mass is 16.6. The number of likely N-dealkylation sites (tertiary alicyclic amines) is 1. The summed E-state index contributed by atoms with van der Waals surface area (Å²) in [6.45, 7) is 9.52. The first-order chi connectivity index (χ1) is 9.29. The number of hydrogen-bond donors (Lipinski definition) is 0. The van der Waals surface area contributed by atoms with Crippen LogP contribution < -0.4 is 0 Å². The van der Waals surface area contributed by atoms with Crippen molar-refractivity contribution in [1.29, 1.82) is 0 Å². The first kappa shape index (κ1) is 13.4. The van der Waals surface area contributed by atoms with Gasteiger partial charge in [-0.1, -0.05) is 23.8 Å². The lowest BCUT2D eigenvalue weighted by Crippen LogP contribution is -2.61. The minimum atomic E-state index is -0.453. The third-order valence-corrected chi connectivity index (χ3v) is 3.80. The SMILES string of the molecule is Cc1ccc2c(c1)COC21CN(C(=O)OC(C)(C)C)C1. The van der Waals surface area contributed by atoms with Gasteiger partial charge in [0.25, 0.3) is 0 Å². The quantitative estimate of drug-likeness (QED) is 0.730. The summed E-state index contributed by atoms with van der Waals surface area (Å²) >= 11 is 0. The Morgan fingerprint density at radius 1 is 1.35 bits per heavy atom. The smallest absolute Gasteiger partial charge is 0.410 e. The van der Waals surface area contributed by atoms with Gasteiger partial charge in [0.2, 0.25) is 0 Å². The largest absolute Gasteiger partial charge is 0.444 e. The molecule has 2 heterocycles. The first-order valence-electron chi connectivity index (χ1n) is 7.01. The molecule has 0 bridgehead atoms. The maximum absolute atomic E-state index is 12.0. The molecule has 0 unspecified atom stereocenters. The van der Waals surface area contributed by atoms with Crippen LogP contribution in [0.1, 0.15) is 37.5 Å². The van der Waals surface area contributed by atoms with Gasteiger partial charge in [-0.3, -0.25) is 0 Å². The van der Waals surface area contributed by atoms with Gasteiger partial charge in [-0.25, -0.2) is 4.79 Å². The van der Waals surface area contributed by atoms with Crippen LogP contribution in [0.2, 0.25) is 0 Å². The molecule has 20 heavy (non-hydrogen) atoms. The molecule has 4 heteroatoms. The van der Waals surface area contributed by atoms with Crippen molar-refractivity contribution in [2.45, 2.75) is 45.5 Å². The van der Waals surface area contributed by atoms with Crippen molar-refractivity contribution in [3.05, 3.63) is 34.9 Å². The predicted octanol–water partition coefficient (Wildman–Crippen LogP) is 2.97. The number of rotatable bonds is 0. The van der Waals surface area contributed by atoms with E-state index in [9.17, 15) is 4.79 Å². The maximum atomic E-state index is 12.0. The molecule has 1 saturated heterocycles. The summed E-state index contributed by atoms with van der Waals surface area (Å²) in [6.07, 6.45) is -0.257. The third kappa shape index (κ3) is 2.18. The number of nitrogens with zero attached hydrogens (tertiary/aromatic N) is 1. The molecule has 1 spiro atoms. The third-order valence-electron chi connectivity index (χ3n) is 3.80. The summed E-state index contributed by atoms with van der Waals surface area (Å²) in [4.78, 5) is 13.7. The zero-order chi connectivity index (χ0) is 14.5. The average Bonchev–Trinajstić information content (AvgIpc) is 2.62. The van der Waals surface area contributed by atoms with Crippen LogP contribution in [0.3, 0.4) is 0 Å². The molecular formula is C16H21NO3. The number of amides is 1. The van der Waals surface area contributed by atoms with Gasteiger partial charge in [0.05, 0.1) is 19.7 Å². The second-order valence-corrected chi connectivity index (χ2v) is 6.78. The fourth-order valence-electron chi connectivity index (χ4n) is 2.87.